The van der Waals surface area contributed by atoms with E-state index in [1.807, 2.05) is 37.3 Å². The molecule has 3 nitrogen and oxygen atoms in total. The van der Waals surface area contributed by atoms with Crippen LogP contribution in [0.25, 0.3) is 0 Å². The molecule has 0 bridgehead atoms. The molecule has 0 aliphatic carbocycles. The van der Waals surface area contributed by atoms with Gasteiger partial charge in [-0.05, 0) is 49.8 Å². The largest absolute Gasteiger partial charge is 0.243 e. The Kier molecular flexibility index (Phi) is 4.83. The van der Waals surface area contributed by atoms with Gasteiger partial charge in [-0.3, -0.25) is 0 Å². The average molecular weight is 329 g/mol. The van der Waals surface area contributed by atoms with Crippen molar-refractivity contribution in [1.82, 2.24) is 4.31 Å². The third kappa shape index (κ3) is 3.82. The first kappa shape index (κ1) is 16.2. The lowest BCUT2D eigenvalue weighted by molar-refractivity contribution is 0.265. The second kappa shape index (κ2) is 6.85. The van der Waals surface area contributed by atoms with Gasteiger partial charge < -0.3 is 0 Å². The summed E-state index contributed by atoms with van der Waals surface area (Å²) in [5.41, 5.74) is 2.36. The van der Waals surface area contributed by atoms with E-state index in [4.69, 9.17) is 0 Å². The second-order valence-corrected chi connectivity index (χ2v) is 8.31. The van der Waals surface area contributed by atoms with Gasteiger partial charge in [0.1, 0.15) is 0 Å². The van der Waals surface area contributed by atoms with E-state index in [0.29, 0.717) is 23.9 Å². The number of sulfonamides is 1. The van der Waals surface area contributed by atoms with E-state index < -0.39 is 10.0 Å². The fourth-order valence-electron chi connectivity index (χ4n) is 3.22. The summed E-state index contributed by atoms with van der Waals surface area (Å²) in [6.45, 7) is 3.21. The van der Waals surface area contributed by atoms with Crippen LogP contribution in [0.3, 0.4) is 0 Å². The van der Waals surface area contributed by atoms with E-state index in [1.165, 1.54) is 5.56 Å². The number of hydrogen-bond donors (Lipinski definition) is 0. The summed E-state index contributed by atoms with van der Waals surface area (Å²) in [4.78, 5) is 0.406. The molecule has 0 saturated carbocycles. The highest BCUT2D eigenvalue weighted by atomic mass is 32.2. The molecule has 3 rings (SSSR count). The summed E-state index contributed by atoms with van der Waals surface area (Å²) in [7, 11) is -3.37. The molecule has 2 aromatic rings. The Labute approximate surface area is 139 Å². The highest BCUT2D eigenvalue weighted by Crippen LogP contribution is 2.26. The predicted molar refractivity (Wildman–Crippen MR) is 92.8 cm³/mol. The van der Waals surface area contributed by atoms with Gasteiger partial charge in [0.25, 0.3) is 0 Å². The Morgan fingerprint density at radius 3 is 2.43 bits per heavy atom. The molecule has 1 heterocycles. The molecule has 122 valence electrons. The molecular weight excluding hydrogens is 306 g/mol. The Bertz CT molecular complexity index is 739. The molecule has 0 radical (unpaired) electrons. The first-order valence-electron chi connectivity index (χ1n) is 8.16. The van der Waals surface area contributed by atoms with Gasteiger partial charge in [0.05, 0.1) is 4.90 Å². The van der Waals surface area contributed by atoms with Crippen LogP contribution in [0.15, 0.2) is 59.5 Å². The van der Waals surface area contributed by atoms with Crippen molar-refractivity contribution in [2.45, 2.75) is 31.1 Å². The monoisotopic (exact) mass is 329 g/mol. The minimum atomic E-state index is -3.37. The zero-order valence-corrected chi connectivity index (χ0v) is 14.3. The summed E-state index contributed by atoms with van der Waals surface area (Å²) in [6.07, 6.45) is 2.97. The first-order chi connectivity index (χ1) is 11.1. The maximum absolute atomic E-state index is 12.8. The van der Waals surface area contributed by atoms with E-state index in [1.54, 1.807) is 16.4 Å². The first-order valence-corrected chi connectivity index (χ1v) is 9.60. The normalized spacial score (nSPS) is 19.6. The minimum absolute atomic E-state index is 0.395. The van der Waals surface area contributed by atoms with E-state index in [2.05, 4.69) is 12.1 Å². The highest BCUT2D eigenvalue weighted by molar-refractivity contribution is 7.89. The van der Waals surface area contributed by atoms with Crippen LogP contribution in [0.5, 0.6) is 0 Å². The van der Waals surface area contributed by atoms with Crippen LogP contribution >= 0.6 is 0 Å². The van der Waals surface area contributed by atoms with Gasteiger partial charge >= 0.3 is 0 Å². The minimum Gasteiger partial charge on any atom is -0.207 e. The summed E-state index contributed by atoms with van der Waals surface area (Å²) < 4.78 is 27.3. The lowest BCUT2D eigenvalue weighted by Gasteiger charge is -2.32. The Morgan fingerprint density at radius 1 is 1.04 bits per heavy atom. The van der Waals surface area contributed by atoms with Crippen molar-refractivity contribution < 1.29 is 8.42 Å². The SMILES string of the molecule is Cc1ccc(S(=O)(=O)N2CCC[C@@H](Cc3ccccc3)C2)cc1. The fourth-order valence-corrected chi connectivity index (χ4v) is 4.77. The second-order valence-electron chi connectivity index (χ2n) is 6.37. The third-order valence-corrected chi connectivity index (χ3v) is 6.39. The van der Waals surface area contributed by atoms with Gasteiger partial charge in [0.2, 0.25) is 10.0 Å². The van der Waals surface area contributed by atoms with Gasteiger partial charge in [0.15, 0.2) is 0 Å². The van der Waals surface area contributed by atoms with Crippen LogP contribution in [-0.2, 0) is 16.4 Å². The molecular formula is C19H23NO2S. The number of aryl methyl sites for hydroxylation is 1. The van der Waals surface area contributed by atoms with Crippen molar-refractivity contribution in [3.05, 3.63) is 65.7 Å². The maximum Gasteiger partial charge on any atom is 0.243 e. The maximum atomic E-state index is 12.8. The van der Waals surface area contributed by atoms with Crippen molar-refractivity contribution >= 4 is 10.0 Å². The van der Waals surface area contributed by atoms with Gasteiger partial charge in [-0.15, -0.1) is 0 Å². The molecule has 1 saturated heterocycles. The molecule has 0 aromatic heterocycles. The van der Waals surface area contributed by atoms with Crippen LogP contribution < -0.4 is 0 Å². The zero-order chi connectivity index (χ0) is 16.3. The summed E-state index contributed by atoms with van der Waals surface area (Å²) >= 11 is 0. The smallest absolute Gasteiger partial charge is 0.207 e. The molecule has 2 aromatic carbocycles. The molecule has 0 amide bonds. The van der Waals surface area contributed by atoms with Gasteiger partial charge in [-0.1, -0.05) is 48.0 Å². The van der Waals surface area contributed by atoms with Crippen LogP contribution in [0.2, 0.25) is 0 Å². The summed E-state index contributed by atoms with van der Waals surface area (Å²) in [5, 5.41) is 0. The standard InChI is InChI=1S/C19H23NO2S/c1-16-9-11-19(12-10-16)23(21,22)20-13-5-8-18(15-20)14-17-6-3-2-4-7-17/h2-4,6-7,9-12,18H,5,8,13-15H2,1H3/t18-/m0/s1. The molecule has 1 aliphatic heterocycles. The third-order valence-electron chi connectivity index (χ3n) is 4.51. The van der Waals surface area contributed by atoms with Crippen molar-refractivity contribution in [3.8, 4) is 0 Å². The van der Waals surface area contributed by atoms with E-state index in [-0.39, 0.29) is 0 Å². The van der Waals surface area contributed by atoms with E-state index in [9.17, 15) is 8.42 Å². The van der Waals surface area contributed by atoms with Crippen molar-refractivity contribution in [2.24, 2.45) is 5.92 Å². The summed E-state index contributed by atoms with van der Waals surface area (Å²) in [5.74, 6) is 0.395. The molecule has 0 spiro atoms. The van der Waals surface area contributed by atoms with Gasteiger partial charge in [-0.25, -0.2) is 8.42 Å². The predicted octanol–water partition coefficient (Wildman–Crippen LogP) is 3.64. The van der Waals surface area contributed by atoms with Crippen molar-refractivity contribution in [2.75, 3.05) is 13.1 Å². The molecule has 1 atom stereocenters. The Balaban J connectivity index is 1.74. The van der Waals surface area contributed by atoms with Crippen LogP contribution in [-0.4, -0.2) is 25.8 Å². The molecule has 1 aliphatic rings. The van der Waals surface area contributed by atoms with E-state index in [0.717, 1.165) is 24.8 Å². The molecule has 0 N–H and O–H groups in total. The molecule has 1 fully saturated rings. The number of benzene rings is 2. The Morgan fingerprint density at radius 2 is 1.74 bits per heavy atom. The van der Waals surface area contributed by atoms with Gasteiger partial charge in [0, 0.05) is 13.1 Å². The number of rotatable bonds is 4. The van der Waals surface area contributed by atoms with Crippen LogP contribution in [0, 0.1) is 12.8 Å². The number of piperidine rings is 1. The van der Waals surface area contributed by atoms with E-state index >= 15 is 0 Å². The van der Waals surface area contributed by atoms with Crippen molar-refractivity contribution in [3.63, 3.8) is 0 Å². The zero-order valence-electron chi connectivity index (χ0n) is 13.5. The van der Waals surface area contributed by atoms with Gasteiger partial charge in [-0.2, -0.15) is 4.31 Å². The van der Waals surface area contributed by atoms with Crippen LogP contribution in [0.1, 0.15) is 24.0 Å². The summed E-state index contributed by atoms with van der Waals surface area (Å²) in [6, 6.07) is 17.5. The molecule has 4 heteroatoms. The fraction of sp³-hybridized carbons (Fsp3) is 0.368. The average Bonchev–Trinajstić information content (AvgIpc) is 2.56. The molecule has 0 unspecified atom stereocenters. The quantitative estimate of drug-likeness (QED) is 0.859. The Hall–Kier alpha value is -1.65. The highest BCUT2D eigenvalue weighted by Gasteiger charge is 2.30. The number of hydrogen-bond acceptors (Lipinski definition) is 2. The topological polar surface area (TPSA) is 37.4 Å². The number of nitrogens with zero attached hydrogens (tertiary/aromatic N) is 1. The lowest BCUT2D eigenvalue weighted by atomic mass is 9.92. The van der Waals surface area contributed by atoms with Crippen LogP contribution in [0.4, 0.5) is 0 Å². The van der Waals surface area contributed by atoms with Crippen molar-refractivity contribution in [1.29, 1.82) is 0 Å². The lowest BCUT2D eigenvalue weighted by Crippen LogP contribution is -2.40. The molecule has 23 heavy (non-hydrogen) atoms.